The summed E-state index contributed by atoms with van der Waals surface area (Å²) in [7, 11) is 1.62. The number of halogens is 4. The quantitative estimate of drug-likeness (QED) is 0.598. The van der Waals surface area contributed by atoms with Gasteiger partial charge in [-0.15, -0.1) is 13.2 Å². The Morgan fingerprint density at radius 1 is 1.30 bits per heavy atom. The Balaban J connectivity index is 1.81. The predicted molar refractivity (Wildman–Crippen MR) is 109 cm³/mol. The molecule has 3 rings (SSSR count). The van der Waals surface area contributed by atoms with Gasteiger partial charge in [0, 0.05) is 20.2 Å². The third kappa shape index (κ3) is 6.29. The summed E-state index contributed by atoms with van der Waals surface area (Å²) in [6, 6.07) is 1.50. The van der Waals surface area contributed by atoms with Crippen molar-refractivity contribution in [3.63, 3.8) is 0 Å². The van der Waals surface area contributed by atoms with E-state index >= 15 is 0 Å². The van der Waals surface area contributed by atoms with Gasteiger partial charge in [0.25, 0.3) is 5.91 Å². The van der Waals surface area contributed by atoms with Gasteiger partial charge in [0.15, 0.2) is 11.6 Å². The second kappa shape index (κ2) is 9.48. The Labute approximate surface area is 187 Å². The Hall–Kier alpha value is -2.99. The van der Waals surface area contributed by atoms with Crippen molar-refractivity contribution in [1.29, 1.82) is 0 Å². The van der Waals surface area contributed by atoms with Gasteiger partial charge in [0.2, 0.25) is 0 Å². The molecule has 2 aromatic rings. The summed E-state index contributed by atoms with van der Waals surface area (Å²) in [5.41, 5.74) is -1.60. The molecule has 1 saturated heterocycles. The molecule has 0 aliphatic carbocycles. The van der Waals surface area contributed by atoms with Crippen molar-refractivity contribution in [3.8, 4) is 5.75 Å². The molecule has 2 heterocycles. The fourth-order valence-electron chi connectivity index (χ4n) is 3.52. The fraction of sp³-hybridized carbons (Fsp3) is 0.476. The zero-order chi connectivity index (χ0) is 24.4. The summed E-state index contributed by atoms with van der Waals surface area (Å²) in [4.78, 5) is 23.2. The van der Waals surface area contributed by atoms with E-state index in [2.05, 4.69) is 20.0 Å². The number of hydrogen-bond acceptors (Lipinski definition) is 7. The molecule has 2 N–H and O–H groups in total. The van der Waals surface area contributed by atoms with Gasteiger partial charge in [-0.05, 0) is 38.0 Å². The van der Waals surface area contributed by atoms with Crippen molar-refractivity contribution in [2.75, 3.05) is 25.1 Å². The number of carbonyl (C=O) groups excluding carboxylic acids is 1. The van der Waals surface area contributed by atoms with Crippen LogP contribution in [0, 0.1) is 5.82 Å². The van der Waals surface area contributed by atoms with Gasteiger partial charge in [-0.3, -0.25) is 9.78 Å². The van der Waals surface area contributed by atoms with Gasteiger partial charge in [0.1, 0.15) is 11.5 Å². The third-order valence-electron chi connectivity index (χ3n) is 5.15. The van der Waals surface area contributed by atoms with Gasteiger partial charge in [-0.1, -0.05) is 6.07 Å². The molecule has 0 bridgehead atoms. The second-order valence-electron chi connectivity index (χ2n) is 8.15. The number of nitrogens with one attached hydrogen (secondary N) is 1. The average molecular weight is 472 g/mol. The molecule has 8 nitrogen and oxygen atoms in total. The highest BCUT2D eigenvalue weighted by Gasteiger charge is 2.34. The fourth-order valence-corrected chi connectivity index (χ4v) is 3.52. The molecule has 0 saturated carbocycles. The Kier molecular flexibility index (Phi) is 7.08. The van der Waals surface area contributed by atoms with E-state index in [-0.39, 0.29) is 17.4 Å². The van der Waals surface area contributed by atoms with Crippen LogP contribution in [0.4, 0.5) is 23.4 Å². The van der Waals surface area contributed by atoms with Gasteiger partial charge in [-0.2, -0.15) is 0 Å². The topological polar surface area (TPSA) is 96.8 Å². The Morgan fingerprint density at radius 3 is 2.61 bits per heavy atom. The van der Waals surface area contributed by atoms with Crippen LogP contribution in [0.2, 0.25) is 0 Å². The first kappa shape index (κ1) is 24.6. The number of amides is 1. The lowest BCUT2D eigenvalue weighted by Crippen LogP contribution is -2.42. The maximum atomic E-state index is 14.2. The molecule has 1 unspecified atom stereocenters. The van der Waals surface area contributed by atoms with Crippen LogP contribution < -0.4 is 15.0 Å². The number of aliphatic hydroxyl groups is 1. The Morgan fingerprint density at radius 2 is 2.03 bits per heavy atom. The summed E-state index contributed by atoms with van der Waals surface area (Å²) in [6.45, 7) is 4.00. The molecule has 12 heteroatoms. The molecule has 2 atom stereocenters. The van der Waals surface area contributed by atoms with E-state index in [0.29, 0.717) is 18.9 Å². The first-order chi connectivity index (χ1) is 15.4. The van der Waals surface area contributed by atoms with Gasteiger partial charge >= 0.3 is 6.36 Å². The van der Waals surface area contributed by atoms with Crippen molar-refractivity contribution in [2.45, 2.75) is 44.4 Å². The number of aromatic nitrogens is 2. The number of rotatable bonds is 7. The third-order valence-corrected chi connectivity index (χ3v) is 5.15. The molecule has 0 radical (unpaired) electrons. The molecule has 180 valence electrons. The predicted octanol–water partition coefficient (Wildman–Crippen LogP) is 2.98. The highest BCUT2D eigenvalue weighted by Crippen LogP contribution is 2.31. The number of ether oxygens (including phenoxy) is 2. The molecule has 33 heavy (non-hydrogen) atoms. The zero-order valence-corrected chi connectivity index (χ0v) is 18.2. The van der Waals surface area contributed by atoms with Crippen LogP contribution in [0.3, 0.4) is 0 Å². The van der Waals surface area contributed by atoms with Crippen molar-refractivity contribution in [1.82, 2.24) is 15.3 Å². The lowest BCUT2D eigenvalue weighted by Gasteiger charge is -2.30. The summed E-state index contributed by atoms with van der Waals surface area (Å²) in [5, 5.41) is 13.1. The SMILES string of the molecule is CO[C@H]1CCN(c2cncc(C(=O)NC(c3ccc(OC(F)(F)F)c(F)c3)C(C)(C)O)n2)C1. The molecular formula is C21H24F4N4O4. The van der Waals surface area contributed by atoms with E-state index in [0.717, 1.165) is 24.6 Å². The number of anilines is 1. The van der Waals surface area contributed by atoms with E-state index in [9.17, 15) is 27.5 Å². The first-order valence-corrected chi connectivity index (χ1v) is 10.1. The molecule has 1 amide bonds. The highest BCUT2D eigenvalue weighted by atomic mass is 19.4. The lowest BCUT2D eigenvalue weighted by atomic mass is 9.91. The molecule has 1 aromatic heterocycles. The molecule has 0 spiro atoms. The van der Waals surface area contributed by atoms with Crippen LogP contribution in [-0.2, 0) is 4.74 Å². The van der Waals surface area contributed by atoms with Crippen molar-refractivity contribution < 1.29 is 36.9 Å². The number of methoxy groups -OCH3 is 1. The van der Waals surface area contributed by atoms with Crippen molar-refractivity contribution >= 4 is 11.7 Å². The van der Waals surface area contributed by atoms with E-state index in [1.54, 1.807) is 7.11 Å². The van der Waals surface area contributed by atoms with E-state index in [1.807, 2.05) is 4.90 Å². The van der Waals surface area contributed by atoms with Gasteiger partial charge < -0.3 is 24.8 Å². The second-order valence-corrected chi connectivity index (χ2v) is 8.15. The average Bonchev–Trinajstić information content (AvgIpc) is 3.21. The van der Waals surface area contributed by atoms with Crippen LogP contribution in [0.15, 0.2) is 30.6 Å². The van der Waals surface area contributed by atoms with Crippen molar-refractivity contribution in [3.05, 3.63) is 47.7 Å². The molecule has 1 fully saturated rings. The normalized spacial score (nSPS) is 17.7. The van der Waals surface area contributed by atoms with Gasteiger partial charge in [0.05, 0.1) is 30.1 Å². The minimum Gasteiger partial charge on any atom is -0.403 e. The number of nitrogens with zero attached hydrogens (tertiary/aromatic N) is 3. The minimum absolute atomic E-state index is 0.0365. The van der Waals surface area contributed by atoms with Crippen LogP contribution in [0.1, 0.15) is 42.4 Å². The van der Waals surface area contributed by atoms with Crippen LogP contribution in [-0.4, -0.2) is 59.2 Å². The van der Waals surface area contributed by atoms with Crippen LogP contribution in [0.25, 0.3) is 0 Å². The monoisotopic (exact) mass is 472 g/mol. The van der Waals surface area contributed by atoms with Crippen molar-refractivity contribution in [2.24, 2.45) is 0 Å². The number of alkyl halides is 3. The summed E-state index contributed by atoms with van der Waals surface area (Å²) in [6.07, 6.45) is -1.46. The number of benzene rings is 1. The maximum Gasteiger partial charge on any atom is 0.573 e. The lowest BCUT2D eigenvalue weighted by molar-refractivity contribution is -0.275. The maximum absolute atomic E-state index is 14.2. The zero-order valence-electron chi connectivity index (χ0n) is 18.2. The number of carbonyl (C=O) groups is 1. The minimum atomic E-state index is -5.06. The van der Waals surface area contributed by atoms with E-state index in [4.69, 9.17) is 4.74 Å². The van der Waals surface area contributed by atoms with Crippen LogP contribution in [0.5, 0.6) is 5.75 Å². The highest BCUT2D eigenvalue weighted by molar-refractivity contribution is 5.92. The molecule has 1 aliphatic rings. The molecule has 1 aliphatic heterocycles. The summed E-state index contributed by atoms with van der Waals surface area (Å²) < 4.78 is 60.4. The number of hydrogen-bond donors (Lipinski definition) is 2. The van der Waals surface area contributed by atoms with Crippen LogP contribution >= 0.6 is 0 Å². The van der Waals surface area contributed by atoms with Gasteiger partial charge in [-0.25, -0.2) is 9.37 Å². The van der Waals surface area contributed by atoms with E-state index in [1.165, 1.54) is 26.2 Å². The molecular weight excluding hydrogens is 448 g/mol. The smallest absolute Gasteiger partial charge is 0.403 e. The molecule has 1 aromatic carbocycles. The summed E-state index contributed by atoms with van der Waals surface area (Å²) in [5.74, 6) is -2.54. The first-order valence-electron chi connectivity index (χ1n) is 10.1. The standard InChI is InChI=1S/C21H24F4N4O4/c1-20(2,31)18(12-4-5-16(14(22)8-12)33-21(23,24)25)28-19(30)15-9-26-10-17(27-15)29-7-6-13(11-29)32-3/h4-5,8-10,13,18,31H,6-7,11H2,1-3H3,(H,28,30)/t13-,18?/m0/s1. The largest absolute Gasteiger partial charge is 0.573 e. The Bertz CT molecular complexity index is 997. The van der Waals surface area contributed by atoms with E-state index < -0.39 is 35.5 Å². The summed E-state index contributed by atoms with van der Waals surface area (Å²) >= 11 is 0.